The van der Waals surface area contributed by atoms with Crippen LogP contribution >= 0.6 is 24.0 Å². The lowest BCUT2D eigenvalue weighted by molar-refractivity contribution is -0.120. The van der Waals surface area contributed by atoms with Crippen molar-refractivity contribution in [3.8, 4) is 0 Å². The second kappa shape index (κ2) is 12.1. The molecule has 0 saturated heterocycles. The SMILES string of the molecule is CCNC(=NCc1c(C)nn(C)c1C)NCC(=O)NCCOC.I. The van der Waals surface area contributed by atoms with E-state index in [4.69, 9.17) is 4.74 Å². The van der Waals surface area contributed by atoms with E-state index >= 15 is 0 Å². The molecule has 0 aliphatic rings. The van der Waals surface area contributed by atoms with Crippen molar-refractivity contribution < 1.29 is 9.53 Å². The van der Waals surface area contributed by atoms with Crippen molar-refractivity contribution in [3.05, 3.63) is 17.0 Å². The Balaban J connectivity index is 0.00000529. The fourth-order valence-corrected chi connectivity index (χ4v) is 2.07. The first-order valence-electron chi connectivity index (χ1n) is 7.76. The van der Waals surface area contributed by atoms with Gasteiger partial charge in [-0.15, -0.1) is 24.0 Å². The molecule has 0 aliphatic heterocycles. The van der Waals surface area contributed by atoms with Gasteiger partial charge in [-0.2, -0.15) is 5.10 Å². The summed E-state index contributed by atoms with van der Waals surface area (Å²) >= 11 is 0. The van der Waals surface area contributed by atoms with Crippen LogP contribution in [0.5, 0.6) is 0 Å². The number of rotatable bonds is 8. The number of carbonyl (C=O) groups excluding carboxylic acids is 1. The Hall–Kier alpha value is -1.36. The minimum absolute atomic E-state index is 0. The van der Waals surface area contributed by atoms with Gasteiger partial charge in [-0.25, -0.2) is 4.99 Å². The van der Waals surface area contributed by atoms with Crippen LogP contribution in [0, 0.1) is 13.8 Å². The summed E-state index contributed by atoms with van der Waals surface area (Å²) in [7, 11) is 3.52. The van der Waals surface area contributed by atoms with Crippen LogP contribution in [-0.4, -0.2) is 55.0 Å². The zero-order chi connectivity index (χ0) is 17.2. The van der Waals surface area contributed by atoms with E-state index in [-0.39, 0.29) is 36.4 Å². The third-order valence-electron chi connectivity index (χ3n) is 3.44. The minimum Gasteiger partial charge on any atom is -0.383 e. The Kier molecular flexibility index (Phi) is 11.4. The van der Waals surface area contributed by atoms with Gasteiger partial charge in [-0.3, -0.25) is 9.48 Å². The summed E-state index contributed by atoms with van der Waals surface area (Å²) in [6.45, 7) is 8.39. The Labute approximate surface area is 160 Å². The van der Waals surface area contributed by atoms with Gasteiger partial charge in [0.1, 0.15) is 0 Å². The summed E-state index contributed by atoms with van der Waals surface area (Å²) in [5.41, 5.74) is 3.18. The van der Waals surface area contributed by atoms with Crippen molar-refractivity contribution >= 4 is 35.8 Å². The van der Waals surface area contributed by atoms with Crippen LogP contribution in [0.15, 0.2) is 4.99 Å². The molecular weight excluding hydrogens is 423 g/mol. The molecule has 0 saturated carbocycles. The molecule has 3 N–H and O–H groups in total. The Morgan fingerprint density at radius 2 is 2.00 bits per heavy atom. The number of aliphatic imine (C=N–C) groups is 1. The number of carbonyl (C=O) groups is 1. The van der Waals surface area contributed by atoms with Gasteiger partial charge < -0.3 is 20.7 Å². The smallest absolute Gasteiger partial charge is 0.239 e. The quantitative estimate of drug-likeness (QED) is 0.231. The van der Waals surface area contributed by atoms with Gasteiger partial charge in [0.15, 0.2) is 5.96 Å². The molecule has 0 bridgehead atoms. The number of methoxy groups -OCH3 is 1. The second-order valence-corrected chi connectivity index (χ2v) is 5.16. The van der Waals surface area contributed by atoms with Gasteiger partial charge in [0.25, 0.3) is 0 Å². The van der Waals surface area contributed by atoms with E-state index in [2.05, 4.69) is 26.0 Å². The summed E-state index contributed by atoms with van der Waals surface area (Å²) in [4.78, 5) is 16.2. The van der Waals surface area contributed by atoms with E-state index in [1.54, 1.807) is 7.11 Å². The summed E-state index contributed by atoms with van der Waals surface area (Å²) in [5.74, 6) is 0.512. The van der Waals surface area contributed by atoms with E-state index in [9.17, 15) is 4.79 Å². The molecule has 0 fully saturated rings. The lowest BCUT2D eigenvalue weighted by Crippen LogP contribution is -2.43. The average Bonchev–Trinajstić information content (AvgIpc) is 2.75. The van der Waals surface area contributed by atoms with Crippen molar-refractivity contribution in [2.24, 2.45) is 12.0 Å². The first kappa shape index (κ1) is 22.6. The lowest BCUT2D eigenvalue weighted by atomic mass is 10.2. The fraction of sp³-hybridized carbons (Fsp3) is 0.667. The number of halogens is 1. The third kappa shape index (κ3) is 7.47. The lowest BCUT2D eigenvalue weighted by Gasteiger charge is -2.11. The molecule has 0 radical (unpaired) electrons. The summed E-state index contributed by atoms with van der Waals surface area (Å²) in [6, 6.07) is 0. The van der Waals surface area contributed by atoms with Crippen molar-refractivity contribution in [2.45, 2.75) is 27.3 Å². The predicted octanol–water partition coefficient (Wildman–Crippen LogP) is 0.473. The molecule has 1 amide bonds. The Morgan fingerprint density at radius 1 is 1.29 bits per heavy atom. The molecule has 1 aromatic rings. The second-order valence-electron chi connectivity index (χ2n) is 5.16. The maximum absolute atomic E-state index is 11.7. The zero-order valence-corrected chi connectivity index (χ0v) is 17.4. The molecule has 0 atom stereocenters. The maximum atomic E-state index is 11.7. The summed E-state index contributed by atoms with van der Waals surface area (Å²) in [6.07, 6.45) is 0. The van der Waals surface area contributed by atoms with E-state index in [0.717, 1.165) is 23.5 Å². The van der Waals surface area contributed by atoms with Crippen LogP contribution in [0.2, 0.25) is 0 Å². The number of nitrogens with zero attached hydrogens (tertiary/aromatic N) is 3. The molecule has 0 aromatic carbocycles. The summed E-state index contributed by atoms with van der Waals surface area (Å²) < 4.78 is 6.74. The number of guanidine groups is 1. The van der Waals surface area contributed by atoms with Gasteiger partial charge in [0.05, 0.1) is 25.4 Å². The van der Waals surface area contributed by atoms with Crippen LogP contribution in [0.4, 0.5) is 0 Å². The van der Waals surface area contributed by atoms with Gasteiger partial charge in [-0.1, -0.05) is 0 Å². The number of amides is 1. The molecule has 8 nitrogen and oxygen atoms in total. The molecule has 1 heterocycles. The van der Waals surface area contributed by atoms with Gasteiger partial charge in [0, 0.05) is 38.5 Å². The monoisotopic (exact) mass is 452 g/mol. The molecule has 1 rings (SSSR count). The largest absolute Gasteiger partial charge is 0.383 e. The topological polar surface area (TPSA) is 92.6 Å². The van der Waals surface area contributed by atoms with Gasteiger partial charge >= 0.3 is 0 Å². The molecule has 0 aliphatic carbocycles. The van der Waals surface area contributed by atoms with E-state index < -0.39 is 0 Å². The van der Waals surface area contributed by atoms with E-state index in [0.29, 0.717) is 25.7 Å². The normalized spacial score (nSPS) is 11.0. The van der Waals surface area contributed by atoms with E-state index in [1.807, 2.05) is 32.5 Å². The number of nitrogens with one attached hydrogen (secondary N) is 3. The minimum atomic E-state index is -0.0959. The van der Waals surface area contributed by atoms with Crippen LogP contribution in [0.3, 0.4) is 0 Å². The number of hydrogen-bond acceptors (Lipinski definition) is 4. The maximum Gasteiger partial charge on any atom is 0.239 e. The van der Waals surface area contributed by atoms with Crippen molar-refractivity contribution in [1.29, 1.82) is 0 Å². The Bertz CT molecular complexity index is 544. The molecule has 138 valence electrons. The Morgan fingerprint density at radius 3 is 2.54 bits per heavy atom. The van der Waals surface area contributed by atoms with Crippen molar-refractivity contribution in [1.82, 2.24) is 25.7 Å². The van der Waals surface area contributed by atoms with Crippen LogP contribution in [0.25, 0.3) is 0 Å². The fourth-order valence-electron chi connectivity index (χ4n) is 2.07. The highest BCUT2D eigenvalue weighted by Crippen LogP contribution is 2.12. The molecule has 1 aromatic heterocycles. The first-order valence-corrected chi connectivity index (χ1v) is 7.76. The standard InChI is InChI=1S/C15H28N6O2.HI/c1-6-16-15(19-10-14(22)17-7-8-23-5)18-9-13-11(2)20-21(4)12(13)3;/h6-10H2,1-5H3,(H,17,22)(H2,16,18,19);1H. The van der Waals surface area contributed by atoms with Crippen molar-refractivity contribution in [2.75, 3.05) is 33.4 Å². The highest BCUT2D eigenvalue weighted by Gasteiger charge is 2.09. The number of ether oxygens (including phenoxy) is 1. The van der Waals surface area contributed by atoms with Crippen LogP contribution in [0.1, 0.15) is 23.9 Å². The highest BCUT2D eigenvalue weighted by atomic mass is 127. The van der Waals surface area contributed by atoms with Crippen LogP contribution < -0.4 is 16.0 Å². The third-order valence-corrected chi connectivity index (χ3v) is 3.44. The number of hydrogen-bond donors (Lipinski definition) is 3. The highest BCUT2D eigenvalue weighted by molar-refractivity contribution is 14.0. The van der Waals surface area contributed by atoms with Crippen molar-refractivity contribution in [3.63, 3.8) is 0 Å². The van der Waals surface area contributed by atoms with E-state index in [1.165, 1.54) is 0 Å². The van der Waals surface area contributed by atoms with Gasteiger partial charge in [-0.05, 0) is 20.8 Å². The number of aryl methyl sites for hydroxylation is 2. The summed E-state index contributed by atoms with van der Waals surface area (Å²) in [5, 5.41) is 13.3. The average molecular weight is 452 g/mol. The predicted molar refractivity (Wildman–Crippen MR) is 106 cm³/mol. The molecule has 0 spiro atoms. The van der Waals surface area contributed by atoms with Crippen LogP contribution in [-0.2, 0) is 23.1 Å². The molecule has 0 unspecified atom stereocenters. The number of aromatic nitrogens is 2. The zero-order valence-electron chi connectivity index (χ0n) is 15.1. The van der Waals surface area contributed by atoms with Gasteiger partial charge in [0.2, 0.25) is 5.91 Å². The molecule has 9 heteroatoms. The molecule has 24 heavy (non-hydrogen) atoms. The first-order chi connectivity index (χ1) is 11.0. The molecular formula is C15H29IN6O2.